The van der Waals surface area contributed by atoms with Crippen molar-refractivity contribution >= 4 is 0 Å². The fraction of sp³-hybridized carbons (Fsp3) is 0.333. The van der Waals surface area contributed by atoms with Gasteiger partial charge >= 0.3 is 6.61 Å². The number of rotatable bonds is 6. The first kappa shape index (κ1) is 14.5. The summed E-state index contributed by atoms with van der Waals surface area (Å²) in [6.45, 7) is 1.61. The highest BCUT2D eigenvalue weighted by Gasteiger charge is 2.21. The molecule has 1 aromatic heterocycles. The maximum Gasteiger partial charge on any atom is 0.387 e. The predicted octanol–water partition coefficient (Wildman–Crippen LogP) is 3.89. The van der Waals surface area contributed by atoms with E-state index in [1.54, 1.807) is 18.2 Å². The Bertz CT molecular complexity index is 554. The monoisotopic (exact) mass is 281 g/mol. The number of aryl methyl sites for hydroxylation is 1. The summed E-state index contributed by atoms with van der Waals surface area (Å²) in [6.07, 6.45) is 0. The predicted molar refractivity (Wildman–Crippen MR) is 72.0 cm³/mol. The Hall–Kier alpha value is -1.88. The molecule has 108 valence electrons. The average Bonchev–Trinajstić information content (AvgIpc) is 2.83. The van der Waals surface area contributed by atoms with Crippen molar-refractivity contribution in [3.63, 3.8) is 0 Å². The Labute approximate surface area is 116 Å². The van der Waals surface area contributed by atoms with Crippen LogP contribution in [0.5, 0.6) is 5.75 Å². The Kier molecular flexibility index (Phi) is 4.74. The molecule has 0 fully saturated rings. The minimum atomic E-state index is -2.85. The van der Waals surface area contributed by atoms with Crippen molar-refractivity contribution in [3.05, 3.63) is 53.5 Å². The molecule has 0 bridgehead atoms. The van der Waals surface area contributed by atoms with E-state index in [9.17, 15) is 8.78 Å². The van der Waals surface area contributed by atoms with Crippen molar-refractivity contribution < 1.29 is 17.9 Å². The molecular formula is C15H17F2NO2. The van der Waals surface area contributed by atoms with Gasteiger partial charge in [-0.1, -0.05) is 25.1 Å². The van der Waals surface area contributed by atoms with Crippen LogP contribution >= 0.6 is 0 Å². The maximum absolute atomic E-state index is 12.5. The molecule has 1 N–H and O–H groups in total. The molecule has 0 saturated heterocycles. The molecule has 1 atom stereocenters. The molecule has 0 radical (unpaired) electrons. The van der Waals surface area contributed by atoms with Gasteiger partial charge in [0.15, 0.2) is 0 Å². The smallest absolute Gasteiger partial charge is 0.387 e. The topological polar surface area (TPSA) is 34.4 Å². The summed E-state index contributed by atoms with van der Waals surface area (Å²) < 4.78 is 35.2. The second-order valence-corrected chi connectivity index (χ2v) is 4.36. The zero-order valence-electron chi connectivity index (χ0n) is 11.4. The summed E-state index contributed by atoms with van der Waals surface area (Å²) in [5.41, 5.74) is 0.629. The molecule has 5 heteroatoms. The van der Waals surface area contributed by atoms with E-state index in [0.717, 1.165) is 5.76 Å². The van der Waals surface area contributed by atoms with Gasteiger partial charge < -0.3 is 14.5 Å². The third kappa shape index (κ3) is 3.36. The number of ether oxygens (including phenoxy) is 1. The molecule has 0 saturated carbocycles. The molecule has 0 amide bonds. The van der Waals surface area contributed by atoms with Crippen LogP contribution in [-0.2, 0) is 0 Å². The number of alkyl halides is 2. The largest absolute Gasteiger partial charge is 0.464 e. The first-order chi connectivity index (χ1) is 9.61. The minimum Gasteiger partial charge on any atom is -0.464 e. The van der Waals surface area contributed by atoms with Gasteiger partial charge in [0.1, 0.15) is 17.3 Å². The number of hydrogen-bond donors (Lipinski definition) is 1. The van der Waals surface area contributed by atoms with Crippen molar-refractivity contribution in [1.82, 2.24) is 5.32 Å². The number of furan rings is 1. The van der Waals surface area contributed by atoms with Crippen LogP contribution in [0.25, 0.3) is 0 Å². The third-order valence-corrected chi connectivity index (χ3v) is 2.90. The lowest BCUT2D eigenvalue weighted by atomic mass is 10.0. The SMILES string of the molecule is CCNC(c1ccc(C)o1)c1ccccc1OC(F)F. The van der Waals surface area contributed by atoms with Gasteiger partial charge in [0.25, 0.3) is 0 Å². The minimum absolute atomic E-state index is 0.155. The number of nitrogens with one attached hydrogen (secondary N) is 1. The van der Waals surface area contributed by atoms with Gasteiger partial charge in [0.05, 0.1) is 6.04 Å². The molecule has 1 aromatic carbocycles. The molecule has 3 nitrogen and oxygen atoms in total. The highest BCUT2D eigenvalue weighted by molar-refractivity contribution is 5.39. The normalized spacial score (nSPS) is 12.7. The fourth-order valence-corrected chi connectivity index (χ4v) is 2.10. The summed E-state index contributed by atoms with van der Waals surface area (Å²) in [7, 11) is 0. The fourth-order valence-electron chi connectivity index (χ4n) is 2.10. The zero-order chi connectivity index (χ0) is 14.5. The van der Waals surface area contributed by atoms with Crippen molar-refractivity contribution in [2.24, 2.45) is 0 Å². The van der Waals surface area contributed by atoms with Crippen LogP contribution in [0.4, 0.5) is 8.78 Å². The van der Waals surface area contributed by atoms with Gasteiger partial charge in [-0.2, -0.15) is 8.78 Å². The van der Waals surface area contributed by atoms with Crippen LogP contribution in [0, 0.1) is 6.92 Å². The van der Waals surface area contributed by atoms with Crippen molar-refractivity contribution in [1.29, 1.82) is 0 Å². The quantitative estimate of drug-likeness (QED) is 0.872. The molecule has 1 unspecified atom stereocenters. The van der Waals surface area contributed by atoms with E-state index >= 15 is 0 Å². The summed E-state index contributed by atoms with van der Waals surface area (Å²) in [5.74, 6) is 1.60. The van der Waals surface area contributed by atoms with E-state index in [-0.39, 0.29) is 11.8 Å². The lowest BCUT2D eigenvalue weighted by Gasteiger charge is -2.19. The number of hydrogen-bond acceptors (Lipinski definition) is 3. The first-order valence-corrected chi connectivity index (χ1v) is 6.45. The van der Waals surface area contributed by atoms with E-state index in [4.69, 9.17) is 4.42 Å². The Morgan fingerprint density at radius 3 is 2.55 bits per heavy atom. The van der Waals surface area contributed by atoms with Gasteiger partial charge in [-0.05, 0) is 31.7 Å². The van der Waals surface area contributed by atoms with Crippen LogP contribution in [0.15, 0.2) is 40.8 Å². The molecule has 2 aromatic rings. The molecule has 0 aliphatic heterocycles. The standard InChI is InChI=1S/C15H17F2NO2/c1-3-18-14(13-9-8-10(2)19-13)11-6-4-5-7-12(11)20-15(16)17/h4-9,14-15,18H,3H2,1-2H3. The highest BCUT2D eigenvalue weighted by Crippen LogP contribution is 2.31. The Balaban J connectivity index is 2.38. The van der Waals surface area contributed by atoms with Crippen molar-refractivity contribution in [3.8, 4) is 5.75 Å². The van der Waals surface area contributed by atoms with Gasteiger partial charge in [0, 0.05) is 5.56 Å². The maximum atomic E-state index is 12.5. The van der Waals surface area contributed by atoms with Crippen molar-refractivity contribution in [2.75, 3.05) is 6.54 Å². The van der Waals surface area contributed by atoms with E-state index < -0.39 is 6.61 Å². The lowest BCUT2D eigenvalue weighted by Crippen LogP contribution is -2.22. The summed E-state index contributed by atoms with van der Waals surface area (Å²) >= 11 is 0. The number of halogens is 2. The molecule has 2 rings (SSSR count). The summed E-state index contributed by atoms with van der Waals surface area (Å²) in [4.78, 5) is 0. The van der Waals surface area contributed by atoms with Crippen LogP contribution in [0.3, 0.4) is 0 Å². The van der Waals surface area contributed by atoms with Crippen molar-refractivity contribution in [2.45, 2.75) is 26.5 Å². The van der Waals surface area contributed by atoms with Gasteiger partial charge in [-0.25, -0.2) is 0 Å². The molecule has 0 spiro atoms. The van der Waals surface area contributed by atoms with Crippen LogP contribution in [0.1, 0.15) is 30.0 Å². The van der Waals surface area contributed by atoms with E-state index in [0.29, 0.717) is 17.9 Å². The molecule has 0 aliphatic carbocycles. The summed E-state index contributed by atoms with van der Waals surface area (Å²) in [6, 6.07) is 10.1. The lowest BCUT2D eigenvalue weighted by molar-refractivity contribution is -0.0506. The molecule has 20 heavy (non-hydrogen) atoms. The van der Waals surface area contributed by atoms with Gasteiger partial charge in [-0.15, -0.1) is 0 Å². The van der Waals surface area contributed by atoms with Crippen LogP contribution in [0.2, 0.25) is 0 Å². The molecular weight excluding hydrogens is 264 g/mol. The van der Waals surface area contributed by atoms with E-state index in [2.05, 4.69) is 10.1 Å². The Morgan fingerprint density at radius 2 is 1.95 bits per heavy atom. The number of para-hydroxylation sites is 1. The zero-order valence-corrected chi connectivity index (χ0v) is 11.4. The Morgan fingerprint density at radius 1 is 1.20 bits per heavy atom. The highest BCUT2D eigenvalue weighted by atomic mass is 19.3. The second kappa shape index (κ2) is 6.52. The summed E-state index contributed by atoms with van der Waals surface area (Å²) in [5, 5.41) is 3.22. The average molecular weight is 281 g/mol. The third-order valence-electron chi connectivity index (χ3n) is 2.90. The second-order valence-electron chi connectivity index (χ2n) is 4.36. The molecule has 0 aliphatic rings. The van der Waals surface area contributed by atoms with E-state index in [1.165, 1.54) is 6.07 Å². The van der Waals surface area contributed by atoms with Gasteiger partial charge in [0.2, 0.25) is 0 Å². The molecule has 1 heterocycles. The van der Waals surface area contributed by atoms with E-state index in [1.807, 2.05) is 26.0 Å². The van der Waals surface area contributed by atoms with Gasteiger partial charge in [-0.3, -0.25) is 0 Å². The number of benzene rings is 1. The van der Waals surface area contributed by atoms with Crippen LogP contribution in [-0.4, -0.2) is 13.2 Å². The first-order valence-electron chi connectivity index (χ1n) is 6.45. The van der Waals surface area contributed by atoms with Crippen LogP contribution < -0.4 is 10.1 Å².